The molecule has 0 aromatic rings. The van der Waals surface area contributed by atoms with Crippen LogP contribution in [-0.2, 0) is 4.79 Å². The SMILES string of the molecule is CC(CCC(=O)O)C1CCC2C3C(O)CC4CCCC(O)C4(C)C3CC(O)C12C. The molecule has 11 atom stereocenters. The molecule has 0 aromatic carbocycles. The van der Waals surface area contributed by atoms with Crippen LogP contribution in [0.1, 0.15) is 78.6 Å². The Morgan fingerprint density at radius 2 is 1.69 bits per heavy atom. The van der Waals surface area contributed by atoms with E-state index in [0.29, 0.717) is 18.8 Å². The summed E-state index contributed by atoms with van der Waals surface area (Å²) in [5.74, 6) is 0.658. The van der Waals surface area contributed by atoms with Gasteiger partial charge in [0, 0.05) is 6.42 Å². The maximum absolute atomic E-state index is 11.5. The summed E-state index contributed by atoms with van der Waals surface area (Å²) < 4.78 is 0. The molecule has 4 aliphatic rings. The third kappa shape index (κ3) is 3.10. The van der Waals surface area contributed by atoms with Crippen molar-refractivity contribution < 1.29 is 25.2 Å². The van der Waals surface area contributed by atoms with Gasteiger partial charge >= 0.3 is 5.97 Å². The first-order chi connectivity index (χ1) is 13.6. The molecule has 4 saturated carbocycles. The average Bonchev–Trinajstić information content (AvgIpc) is 3.01. The fourth-order valence-electron chi connectivity index (χ4n) is 8.77. The molecule has 0 heterocycles. The van der Waals surface area contributed by atoms with E-state index in [4.69, 9.17) is 5.11 Å². The number of hydrogen-bond acceptors (Lipinski definition) is 4. The second kappa shape index (κ2) is 7.49. The van der Waals surface area contributed by atoms with Crippen LogP contribution in [0.25, 0.3) is 0 Å². The molecule has 5 heteroatoms. The molecule has 5 nitrogen and oxygen atoms in total. The molecule has 0 radical (unpaired) electrons. The number of fused-ring (bicyclic) bond motifs is 5. The summed E-state index contributed by atoms with van der Waals surface area (Å²) in [5, 5.41) is 42.8. The van der Waals surface area contributed by atoms with Gasteiger partial charge in [0.2, 0.25) is 0 Å². The monoisotopic (exact) mass is 408 g/mol. The van der Waals surface area contributed by atoms with Crippen molar-refractivity contribution in [2.45, 2.75) is 96.9 Å². The Morgan fingerprint density at radius 1 is 0.966 bits per heavy atom. The van der Waals surface area contributed by atoms with Crippen LogP contribution in [0.15, 0.2) is 0 Å². The predicted octanol–water partition coefficient (Wildman–Crippen LogP) is 3.45. The normalized spacial score (nSPS) is 52.9. The molecule has 0 saturated heterocycles. The summed E-state index contributed by atoms with van der Waals surface area (Å²) in [6, 6.07) is 0. The number of aliphatic carboxylic acids is 1. The smallest absolute Gasteiger partial charge is 0.303 e. The first-order valence-electron chi connectivity index (χ1n) is 11.9. The van der Waals surface area contributed by atoms with Gasteiger partial charge in [0.05, 0.1) is 18.3 Å². The van der Waals surface area contributed by atoms with Crippen LogP contribution >= 0.6 is 0 Å². The molecule has 0 amide bonds. The lowest BCUT2D eigenvalue weighted by Gasteiger charge is -2.64. The van der Waals surface area contributed by atoms with E-state index in [1.165, 1.54) is 0 Å². The van der Waals surface area contributed by atoms with Crippen LogP contribution in [0.4, 0.5) is 0 Å². The summed E-state index contributed by atoms with van der Waals surface area (Å²) in [6.45, 7) is 6.56. The highest BCUT2D eigenvalue weighted by atomic mass is 16.4. The van der Waals surface area contributed by atoms with Crippen molar-refractivity contribution in [3.8, 4) is 0 Å². The third-order valence-corrected chi connectivity index (χ3v) is 10.4. The number of aliphatic hydroxyl groups excluding tert-OH is 3. The van der Waals surface area contributed by atoms with Gasteiger partial charge in [-0.25, -0.2) is 0 Å². The lowest BCUT2D eigenvalue weighted by molar-refractivity contribution is -0.225. The second-order valence-electron chi connectivity index (χ2n) is 11.3. The number of aliphatic hydroxyl groups is 3. The lowest BCUT2D eigenvalue weighted by atomic mass is 9.42. The Labute approximate surface area is 174 Å². The van der Waals surface area contributed by atoms with Crippen LogP contribution < -0.4 is 0 Å². The van der Waals surface area contributed by atoms with Crippen LogP contribution in [0, 0.1) is 46.3 Å². The molecule has 0 bridgehead atoms. The van der Waals surface area contributed by atoms with Crippen molar-refractivity contribution >= 4 is 5.97 Å². The summed E-state index contributed by atoms with van der Waals surface area (Å²) >= 11 is 0. The van der Waals surface area contributed by atoms with E-state index in [0.717, 1.165) is 38.5 Å². The Morgan fingerprint density at radius 3 is 2.38 bits per heavy atom. The molecular formula is C24H40O5. The van der Waals surface area contributed by atoms with Gasteiger partial charge in [-0.05, 0) is 91.3 Å². The lowest BCUT2D eigenvalue weighted by Crippen LogP contribution is -2.64. The minimum absolute atomic E-state index is 0.133. The van der Waals surface area contributed by atoms with Gasteiger partial charge in [0.1, 0.15) is 0 Å². The zero-order valence-corrected chi connectivity index (χ0v) is 18.3. The van der Waals surface area contributed by atoms with Gasteiger partial charge in [-0.3, -0.25) is 4.79 Å². The van der Waals surface area contributed by atoms with Gasteiger partial charge in [0.15, 0.2) is 0 Å². The number of carboxylic acid groups (broad SMARTS) is 1. The first-order valence-corrected chi connectivity index (χ1v) is 11.9. The Balaban J connectivity index is 1.64. The zero-order valence-electron chi connectivity index (χ0n) is 18.3. The Hall–Kier alpha value is -0.650. The molecule has 4 aliphatic carbocycles. The molecule has 0 aromatic heterocycles. The fourth-order valence-corrected chi connectivity index (χ4v) is 8.77. The van der Waals surface area contributed by atoms with Crippen LogP contribution in [0.2, 0.25) is 0 Å². The van der Waals surface area contributed by atoms with Crippen LogP contribution in [0.5, 0.6) is 0 Å². The zero-order chi connectivity index (χ0) is 21.1. The Bertz CT molecular complexity index is 637. The highest BCUT2D eigenvalue weighted by Crippen LogP contribution is 2.68. The van der Waals surface area contributed by atoms with E-state index in [1.54, 1.807) is 0 Å². The predicted molar refractivity (Wildman–Crippen MR) is 110 cm³/mol. The van der Waals surface area contributed by atoms with Gasteiger partial charge in [-0.15, -0.1) is 0 Å². The molecule has 166 valence electrons. The molecule has 4 N–H and O–H groups in total. The van der Waals surface area contributed by atoms with Crippen molar-refractivity contribution in [1.82, 2.24) is 0 Å². The Kier molecular flexibility index (Phi) is 5.57. The molecule has 4 rings (SSSR count). The summed E-state index contributed by atoms with van der Waals surface area (Å²) in [4.78, 5) is 11.1. The van der Waals surface area contributed by atoms with Crippen molar-refractivity contribution in [1.29, 1.82) is 0 Å². The van der Waals surface area contributed by atoms with Gasteiger partial charge in [0.25, 0.3) is 0 Å². The van der Waals surface area contributed by atoms with E-state index >= 15 is 0 Å². The fraction of sp³-hybridized carbons (Fsp3) is 0.958. The van der Waals surface area contributed by atoms with Gasteiger partial charge < -0.3 is 20.4 Å². The molecule has 0 spiro atoms. The third-order valence-electron chi connectivity index (χ3n) is 10.4. The van der Waals surface area contributed by atoms with E-state index in [1.807, 2.05) is 0 Å². The standard InChI is InChI=1S/C24H40O5/c1-13(7-10-21(28)29)15-8-9-16-22-17(12-20(27)24(15,16)3)23(2)14(11-18(22)25)5-4-6-19(23)26/h13-20,22,25-27H,4-12H2,1-3H3,(H,28,29). The molecule has 29 heavy (non-hydrogen) atoms. The van der Waals surface area contributed by atoms with E-state index in [2.05, 4.69) is 20.8 Å². The largest absolute Gasteiger partial charge is 0.481 e. The average molecular weight is 409 g/mol. The quantitative estimate of drug-likeness (QED) is 0.571. The van der Waals surface area contributed by atoms with E-state index in [-0.39, 0.29) is 59.0 Å². The highest BCUT2D eigenvalue weighted by molar-refractivity contribution is 5.66. The maximum atomic E-state index is 11.5. The molecular weight excluding hydrogens is 368 g/mol. The van der Waals surface area contributed by atoms with Gasteiger partial charge in [-0.2, -0.15) is 0 Å². The van der Waals surface area contributed by atoms with Crippen molar-refractivity contribution in [3.63, 3.8) is 0 Å². The van der Waals surface area contributed by atoms with Crippen molar-refractivity contribution in [2.75, 3.05) is 0 Å². The highest BCUT2D eigenvalue weighted by Gasteiger charge is 2.66. The maximum Gasteiger partial charge on any atom is 0.303 e. The van der Waals surface area contributed by atoms with Crippen LogP contribution in [-0.4, -0.2) is 44.7 Å². The topological polar surface area (TPSA) is 98.0 Å². The minimum atomic E-state index is -0.756. The van der Waals surface area contributed by atoms with Gasteiger partial charge in [-0.1, -0.05) is 27.2 Å². The molecule has 0 aliphatic heterocycles. The van der Waals surface area contributed by atoms with E-state index < -0.39 is 12.1 Å². The van der Waals surface area contributed by atoms with Crippen molar-refractivity contribution in [2.24, 2.45) is 46.3 Å². The molecule has 11 unspecified atom stereocenters. The summed E-state index contributed by atoms with van der Waals surface area (Å²) in [5.41, 5.74) is -0.486. The minimum Gasteiger partial charge on any atom is -0.481 e. The first kappa shape index (κ1) is 21.6. The van der Waals surface area contributed by atoms with Crippen LogP contribution in [0.3, 0.4) is 0 Å². The number of carbonyl (C=O) groups is 1. The summed E-state index contributed by atoms with van der Waals surface area (Å²) in [7, 11) is 0. The van der Waals surface area contributed by atoms with Crippen molar-refractivity contribution in [3.05, 3.63) is 0 Å². The molecule has 4 fully saturated rings. The number of rotatable bonds is 4. The number of carboxylic acids is 1. The number of hydrogen-bond donors (Lipinski definition) is 4. The van der Waals surface area contributed by atoms with E-state index in [9.17, 15) is 20.1 Å². The second-order valence-corrected chi connectivity index (χ2v) is 11.3. The summed E-state index contributed by atoms with van der Waals surface area (Å²) in [6.07, 6.45) is 6.01.